The average Bonchev–Trinajstić information content (AvgIpc) is 2.82. The van der Waals surface area contributed by atoms with Crippen molar-refractivity contribution >= 4 is 50.7 Å². The first-order chi connectivity index (χ1) is 17.6. The standard InChI is InChI=1S/C25H30Cl2F3N3O4S/c1-5-16(3)31-24(35)22(6-2)32(14-17-10-11-19(26)13-21(17)27)23(34)15-33(38(4,36)37)20-9-7-8-18(12-20)25(28,29)30/h7-13,16,22H,5-6,14-15H2,1-4H3,(H,31,35)/t16-,22+/m1/s1. The summed E-state index contributed by atoms with van der Waals surface area (Å²) in [7, 11) is -4.20. The van der Waals surface area contributed by atoms with Gasteiger partial charge in [0.2, 0.25) is 21.8 Å². The molecule has 0 unspecified atom stereocenters. The van der Waals surface area contributed by atoms with Crippen molar-refractivity contribution in [3.05, 3.63) is 63.6 Å². The summed E-state index contributed by atoms with van der Waals surface area (Å²) in [5.41, 5.74) is -0.957. The molecule has 0 aliphatic heterocycles. The molecule has 13 heteroatoms. The summed E-state index contributed by atoms with van der Waals surface area (Å²) in [6.45, 7) is 4.36. The number of benzene rings is 2. The van der Waals surface area contributed by atoms with Crippen LogP contribution in [0, 0.1) is 0 Å². The highest BCUT2D eigenvalue weighted by Gasteiger charge is 2.34. The fourth-order valence-corrected chi connectivity index (χ4v) is 4.95. The normalized spacial score (nSPS) is 13.5. The lowest BCUT2D eigenvalue weighted by atomic mass is 10.1. The molecule has 0 saturated carbocycles. The SMILES string of the molecule is CC[C@@H](C)NC(=O)[C@H](CC)N(Cc1ccc(Cl)cc1Cl)C(=O)CN(c1cccc(C(F)(F)F)c1)S(C)(=O)=O. The number of rotatable bonds is 11. The molecule has 2 aromatic rings. The van der Waals surface area contributed by atoms with Crippen molar-refractivity contribution in [2.75, 3.05) is 17.1 Å². The van der Waals surface area contributed by atoms with Crippen molar-refractivity contribution in [3.8, 4) is 0 Å². The summed E-state index contributed by atoms with van der Waals surface area (Å²) >= 11 is 12.3. The van der Waals surface area contributed by atoms with E-state index < -0.39 is 46.2 Å². The molecule has 7 nitrogen and oxygen atoms in total. The molecule has 2 amide bonds. The van der Waals surface area contributed by atoms with Gasteiger partial charge in [-0.3, -0.25) is 13.9 Å². The number of hydrogen-bond acceptors (Lipinski definition) is 4. The smallest absolute Gasteiger partial charge is 0.352 e. The van der Waals surface area contributed by atoms with E-state index in [1.807, 2.05) is 6.92 Å². The van der Waals surface area contributed by atoms with E-state index in [4.69, 9.17) is 23.2 Å². The number of anilines is 1. The van der Waals surface area contributed by atoms with Crippen LogP contribution in [0.2, 0.25) is 10.0 Å². The largest absolute Gasteiger partial charge is 0.416 e. The first-order valence-corrected chi connectivity index (χ1v) is 14.4. The number of hydrogen-bond donors (Lipinski definition) is 1. The van der Waals surface area contributed by atoms with Crippen molar-refractivity contribution in [1.82, 2.24) is 10.2 Å². The average molecular weight is 596 g/mol. The van der Waals surface area contributed by atoms with Gasteiger partial charge in [-0.15, -0.1) is 0 Å². The fraction of sp³-hybridized carbons (Fsp3) is 0.440. The van der Waals surface area contributed by atoms with E-state index in [0.29, 0.717) is 27.4 Å². The summed E-state index contributed by atoms with van der Waals surface area (Å²) in [6, 6.07) is 7.07. The van der Waals surface area contributed by atoms with Crippen LogP contribution >= 0.6 is 23.2 Å². The van der Waals surface area contributed by atoms with Gasteiger partial charge in [0, 0.05) is 22.6 Å². The summed E-state index contributed by atoms with van der Waals surface area (Å²) in [5, 5.41) is 3.40. The number of amides is 2. The lowest BCUT2D eigenvalue weighted by molar-refractivity contribution is -0.140. The molecular weight excluding hydrogens is 566 g/mol. The minimum absolute atomic E-state index is 0.165. The maximum atomic E-state index is 13.6. The quantitative estimate of drug-likeness (QED) is 0.371. The zero-order valence-corrected chi connectivity index (χ0v) is 23.7. The molecule has 1 N–H and O–H groups in total. The van der Waals surface area contributed by atoms with E-state index in [2.05, 4.69) is 5.32 Å². The van der Waals surface area contributed by atoms with Crippen LogP contribution in [-0.2, 0) is 32.3 Å². The minimum atomic E-state index is -4.72. The van der Waals surface area contributed by atoms with Gasteiger partial charge in [-0.05, 0) is 55.7 Å². The first-order valence-electron chi connectivity index (χ1n) is 11.8. The first kappa shape index (κ1) is 31.7. The predicted molar refractivity (Wildman–Crippen MR) is 143 cm³/mol. The molecule has 0 radical (unpaired) electrons. The lowest BCUT2D eigenvalue weighted by Gasteiger charge is -2.33. The predicted octanol–water partition coefficient (Wildman–Crippen LogP) is 5.50. The second-order valence-corrected chi connectivity index (χ2v) is 11.6. The minimum Gasteiger partial charge on any atom is -0.352 e. The molecule has 0 bridgehead atoms. The van der Waals surface area contributed by atoms with Crippen molar-refractivity contribution in [1.29, 1.82) is 0 Å². The van der Waals surface area contributed by atoms with E-state index in [1.54, 1.807) is 26.0 Å². The van der Waals surface area contributed by atoms with Gasteiger partial charge in [0.05, 0.1) is 17.5 Å². The van der Waals surface area contributed by atoms with Crippen LogP contribution < -0.4 is 9.62 Å². The van der Waals surface area contributed by atoms with Crippen LogP contribution in [0.15, 0.2) is 42.5 Å². The van der Waals surface area contributed by atoms with Crippen LogP contribution in [-0.4, -0.2) is 50.0 Å². The van der Waals surface area contributed by atoms with E-state index >= 15 is 0 Å². The van der Waals surface area contributed by atoms with Crippen LogP contribution in [0.25, 0.3) is 0 Å². The number of carbonyl (C=O) groups is 2. The van der Waals surface area contributed by atoms with Gasteiger partial charge in [0.1, 0.15) is 12.6 Å². The summed E-state index contributed by atoms with van der Waals surface area (Å²) in [6.07, 6.45) is -3.12. The number of alkyl halides is 3. The Morgan fingerprint density at radius 1 is 1.05 bits per heavy atom. The highest BCUT2D eigenvalue weighted by atomic mass is 35.5. The molecular formula is C25H30Cl2F3N3O4S. The Labute approximate surface area is 230 Å². The van der Waals surface area contributed by atoms with Crippen LogP contribution in [0.1, 0.15) is 44.7 Å². The van der Waals surface area contributed by atoms with Gasteiger partial charge >= 0.3 is 6.18 Å². The van der Waals surface area contributed by atoms with Crippen LogP contribution in [0.3, 0.4) is 0 Å². The lowest BCUT2D eigenvalue weighted by Crippen LogP contribution is -2.53. The highest BCUT2D eigenvalue weighted by Crippen LogP contribution is 2.32. The maximum Gasteiger partial charge on any atom is 0.416 e. The van der Waals surface area contributed by atoms with Gasteiger partial charge in [-0.25, -0.2) is 8.42 Å². The Morgan fingerprint density at radius 2 is 1.71 bits per heavy atom. The zero-order chi connectivity index (χ0) is 28.8. The molecule has 0 heterocycles. The van der Waals surface area contributed by atoms with Gasteiger partial charge in [0.25, 0.3) is 0 Å². The Bertz CT molecular complexity index is 1260. The number of halogens is 5. The van der Waals surface area contributed by atoms with Crippen molar-refractivity contribution < 1.29 is 31.2 Å². The molecule has 0 aliphatic carbocycles. The zero-order valence-electron chi connectivity index (χ0n) is 21.4. The molecule has 2 rings (SSSR count). The van der Waals surface area contributed by atoms with Crippen molar-refractivity contribution in [2.24, 2.45) is 0 Å². The topological polar surface area (TPSA) is 86.8 Å². The van der Waals surface area contributed by atoms with E-state index in [0.717, 1.165) is 24.5 Å². The fourth-order valence-electron chi connectivity index (χ4n) is 3.65. The number of nitrogens with zero attached hydrogens (tertiary/aromatic N) is 2. The third kappa shape index (κ3) is 8.51. The van der Waals surface area contributed by atoms with Crippen molar-refractivity contribution in [3.63, 3.8) is 0 Å². The second kappa shape index (κ2) is 13.0. The molecule has 0 fully saturated rings. The number of nitrogens with one attached hydrogen (secondary N) is 1. The number of carbonyl (C=O) groups excluding carboxylic acids is 2. The highest BCUT2D eigenvalue weighted by molar-refractivity contribution is 7.92. The number of sulfonamides is 1. The third-order valence-corrected chi connectivity index (χ3v) is 7.61. The van der Waals surface area contributed by atoms with Gasteiger partial charge < -0.3 is 10.2 Å². The molecule has 0 aliphatic rings. The maximum absolute atomic E-state index is 13.6. The van der Waals surface area contributed by atoms with E-state index in [1.165, 1.54) is 11.0 Å². The van der Waals surface area contributed by atoms with E-state index in [-0.39, 0.29) is 29.7 Å². The van der Waals surface area contributed by atoms with Gasteiger partial charge in [-0.1, -0.05) is 49.2 Å². The van der Waals surface area contributed by atoms with Gasteiger partial charge in [-0.2, -0.15) is 13.2 Å². The molecule has 210 valence electrons. The molecule has 0 spiro atoms. The Hall–Kier alpha value is -2.50. The monoisotopic (exact) mass is 595 g/mol. The van der Waals surface area contributed by atoms with Crippen molar-refractivity contribution in [2.45, 2.75) is 58.4 Å². The molecule has 2 aromatic carbocycles. The van der Waals surface area contributed by atoms with E-state index in [9.17, 15) is 31.2 Å². The summed E-state index contributed by atoms with van der Waals surface area (Å²) < 4.78 is 65.7. The molecule has 0 aromatic heterocycles. The summed E-state index contributed by atoms with van der Waals surface area (Å²) in [4.78, 5) is 27.9. The van der Waals surface area contributed by atoms with Crippen LogP contribution in [0.4, 0.5) is 18.9 Å². The third-order valence-electron chi connectivity index (χ3n) is 5.88. The Morgan fingerprint density at radius 3 is 2.24 bits per heavy atom. The Balaban J connectivity index is 2.53. The molecule has 0 saturated heterocycles. The van der Waals surface area contributed by atoms with Gasteiger partial charge in [0.15, 0.2) is 0 Å². The molecule has 38 heavy (non-hydrogen) atoms. The molecule has 2 atom stereocenters. The Kier molecular flexibility index (Phi) is 10.9. The van der Waals surface area contributed by atoms with Crippen LogP contribution in [0.5, 0.6) is 0 Å². The summed E-state index contributed by atoms with van der Waals surface area (Å²) in [5.74, 6) is -1.25. The second-order valence-electron chi connectivity index (χ2n) is 8.82.